The smallest absolute Gasteiger partial charge is 0.253 e. The van der Waals surface area contributed by atoms with Crippen molar-refractivity contribution in [3.63, 3.8) is 0 Å². The number of aryl methyl sites for hydroxylation is 2. The van der Waals surface area contributed by atoms with Gasteiger partial charge in [-0.25, -0.2) is 19.9 Å². The standard InChI is InChI=1S/C20H21N5O2.C16H13FN4O.C4H9NO/c1-11-19(23-12-6-8-27-10-12)25-18-13(3-2-4-16(18)22-11)17-9-14-15(24-17)5-7-21-20(14)26;1-8-15(17)21-14-9(3-2-4-12(14)19-8)13-7-10-11(20-13)5-6-18-16(10)22;5-4-1-2-6-3-4/h2-4,9,12,24H,5-8,10H2,1H3,(H,21,26)(H,23,25);2-4,7,20H,5-6H2,1H3,(H,18,22);4H,1-3,5H2. The zero-order chi connectivity index (χ0) is 38.1. The third-order valence-electron chi connectivity index (χ3n) is 10.1. The second-order valence-electron chi connectivity index (χ2n) is 14.1. The molecule has 55 heavy (non-hydrogen) atoms. The second kappa shape index (κ2) is 15.5. The topological polar surface area (TPSA) is 198 Å². The first kappa shape index (κ1) is 36.2. The minimum atomic E-state index is -0.575. The molecule has 2 unspecified atom stereocenters. The summed E-state index contributed by atoms with van der Waals surface area (Å²) < 4.78 is 24.2. The molecule has 2 aromatic carbocycles. The van der Waals surface area contributed by atoms with Crippen molar-refractivity contribution in [1.82, 2.24) is 40.5 Å². The molecule has 4 aliphatic rings. The number of ether oxygens (including phenoxy) is 2. The molecule has 2 atom stereocenters. The van der Waals surface area contributed by atoms with Crippen molar-refractivity contribution in [1.29, 1.82) is 0 Å². The van der Waals surface area contributed by atoms with Gasteiger partial charge in [0, 0.05) is 79.1 Å². The molecule has 0 saturated carbocycles. The summed E-state index contributed by atoms with van der Waals surface area (Å²) in [6.07, 6.45) is 3.58. The maximum atomic E-state index is 13.8. The normalized spacial score (nSPS) is 18.8. The Morgan fingerprint density at radius 2 is 1.29 bits per heavy atom. The molecule has 0 spiro atoms. The second-order valence-corrected chi connectivity index (χ2v) is 14.1. The van der Waals surface area contributed by atoms with Crippen molar-refractivity contribution in [2.24, 2.45) is 5.73 Å². The van der Waals surface area contributed by atoms with Crippen LogP contribution in [0.2, 0.25) is 0 Å². The summed E-state index contributed by atoms with van der Waals surface area (Å²) in [4.78, 5) is 48.5. The molecule has 10 rings (SSSR count). The van der Waals surface area contributed by atoms with Crippen LogP contribution in [0, 0.1) is 19.8 Å². The molecular weight excluding hydrogens is 704 g/mol. The fraction of sp³-hybridized carbons (Fsp3) is 0.350. The van der Waals surface area contributed by atoms with E-state index in [-0.39, 0.29) is 23.6 Å². The molecule has 0 radical (unpaired) electrons. The fourth-order valence-corrected chi connectivity index (χ4v) is 7.15. The number of nitrogens with two attached hydrogens (primary N) is 1. The molecule has 2 fully saturated rings. The molecule has 0 bridgehead atoms. The number of aromatic amines is 2. The number of para-hydroxylation sites is 2. The highest BCUT2D eigenvalue weighted by molar-refractivity contribution is 6.00. The van der Waals surface area contributed by atoms with Gasteiger partial charge < -0.3 is 41.1 Å². The number of nitrogens with one attached hydrogen (secondary N) is 5. The van der Waals surface area contributed by atoms with E-state index in [4.69, 9.17) is 25.2 Å². The van der Waals surface area contributed by atoms with Crippen LogP contribution in [-0.2, 0) is 22.3 Å². The third-order valence-corrected chi connectivity index (χ3v) is 10.1. The number of benzene rings is 2. The van der Waals surface area contributed by atoms with Crippen molar-refractivity contribution in [3.05, 3.63) is 88.4 Å². The van der Waals surface area contributed by atoms with Gasteiger partial charge in [-0.3, -0.25) is 9.59 Å². The highest BCUT2D eigenvalue weighted by atomic mass is 19.1. The molecule has 2 saturated heterocycles. The average molecular weight is 747 g/mol. The summed E-state index contributed by atoms with van der Waals surface area (Å²) in [7, 11) is 0. The van der Waals surface area contributed by atoms with Gasteiger partial charge in [0.1, 0.15) is 16.9 Å². The minimum Gasteiger partial charge on any atom is -0.380 e. The summed E-state index contributed by atoms with van der Waals surface area (Å²) in [6, 6.07) is 15.8. The Labute approximate surface area is 316 Å². The summed E-state index contributed by atoms with van der Waals surface area (Å²) in [5.41, 5.74) is 15.9. The monoisotopic (exact) mass is 746 g/mol. The molecule has 4 aromatic heterocycles. The van der Waals surface area contributed by atoms with Crippen LogP contribution in [0.1, 0.15) is 56.3 Å². The summed E-state index contributed by atoms with van der Waals surface area (Å²) in [5.74, 6) is 0.107. The van der Waals surface area contributed by atoms with Crippen LogP contribution < -0.4 is 21.7 Å². The van der Waals surface area contributed by atoms with Crippen LogP contribution in [0.3, 0.4) is 0 Å². The number of H-pyrrole nitrogens is 2. The van der Waals surface area contributed by atoms with E-state index in [0.29, 0.717) is 42.3 Å². The third kappa shape index (κ3) is 7.63. The van der Waals surface area contributed by atoms with Crippen LogP contribution >= 0.6 is 0 Å². The van der Waals surface area contributed by atoms with Gasteiger partial charge in [-0.2, -0.15) is 4.39 Å². The number of nitrogens with zero attached hydrogens (tertiary/aromatic N) is 4. The van der Waals surface area contributed by atoms with Crippen molar-refractivity contribution in [2.45, 2.75) is 51.6 Å². The summed E-state index contributed by atoms with van der Waals surface area (Å²) >= 11 is 0. The highest BCUT2D eigenvalue weighted by Gasteiger charge is 2.23. The number of hydrogen-bond donors (Lipinski definition) is 6. The fourth-order valence-electron chi connectivity index (χ4n) is 7.15. The molecule has 284 valence electrons. The van der Waals surface area contributed by atoms with E-state index in [9.17, 15) is 14.0 Å². The van der Waals surface area contributed by atoms with Crippen molar-refractivity contribution >= 4 is 39.7 Å². The Morgan fingerprint density at radius 1 is 0.727 bits per heavy atom. The van der Waals surface area contributed by atoms with E-state index >= 15 is 0 Å². The van der Waals surface area contributed by atoms with Crippen LogP contribution in [-0.4, -0.2) is 93.3 Å². The Bertz CT molecular complexity index is 2400. The summed E-state index contributed by atoms with van der Waals surface area (Å²) in [6.45, 7) is 7.94. The molecular formula is C40H43FN10O4. The van der Waals surface area contributed by atoms with E-state index in [0.717, 1.165) is 108 Å². The molecule has 14 nitrogen and oxygen atoms in total. The van der Waals surface area contributed by atoms with Crippen LogP contribution in [0.4, 0.5) is 10.2 Å². The van der Waals surface area contributed by atoms with Gasteiger partial charge in [0.25, 0.3) is 11.8 Å². The molecule has 8 heterocycles. The van der Waals surface area contributed by atoms with Gasteiger partial charge in [0.15, 0.2) is 0 Å². The number of carbonyl (C=O) groups is 2. The molecule has 15 heteroatoms. The zero-order valence-electron chi connectivity index (χ0n) is 30.7. The zero-order valence-corrected chi connectivity index (χ0v) is 30.7. The lowest BCUT2D eigenvalue weighted by Crippen LogP contribution is -2.31. The van der Waals surface area contributed by atoms with Gasteiger partial charge in [-0.1, -0.05) is 24.3 Å². The van der Waals surface area contributed by atoms with Gasteiger partial charge in [-0.05, 0) is 51.0 Å². The van der Waals surface area contributed by atoms with E-state index in [1.165, 1.54) is 0 Å². The number of amides is 2. The van der Waals surface area contributed by atoms with Crippen LogP contribution in [0.15, 0.2) is 48.5 Å². The first-order chi connectivity index (χ1) is 26.7. The van der Waals surface area contributed by atoms with E-state index in [1.54, 1.807) is 19.1 Å². The van der Waals surface area contributed by atoms with Crippen molar-refractivity contribution in [3.8, 4) is 22.5 Å². The number of rotatable bonds is 4. The van der Waals surface area contributed by atoms with Crippen LogP contribution in [0.5, 0.6) is 0 Å². The Balaban J connectivity index is 0.000000137. The van der Waals surface area contributed by atoms with Gasteiger partial charge in [-0.15, -0.1) is 0 Å². The summed E-state index contributed by atoms with van der Waals surface area (Å²) in [5, 5.41) is 9.16. The van der Waals surface area contributed by atoms with E-state index in [1.807, 2.05) is 43.3 Å². The lowest BCUT2D eigenvalue weighted by atomic mass is 10.1. The number of halogens is 1. The molecule has 4 aliphatic heterocycles. The van der Waals surface area contributed by atoms with E-state index < -0.39 is 5.95 Å². The lowest BCUT2D eigenvalue weighted by Gasteiger charge is -2.14. The van der Waals surface area contributed by atoms with E-state index in [2.05, 4.69) is 35.9 Å². The van der Waals surface area contributed by atoms with Gasteiger partial charge in [0.05, 0.1) is 52.8 Å². The average Bonchev–Trinajstić information content (AvgIpc) is 4.01. The van der Waals surface area contributed by atoms with Crippen molar-refractivity contribution in [2.75, 3.05) is 44.8 Å². The Morgan fingerprint density at radius 3 is 1.80 bits per heavy atom. The maximum absolute atomic E-state index is 13.8. The Kier molecular flexibility index (Phi) is 10.2. The quantitative estimate of drug-likeness (QED) is 0.149. The number of carbonyl (C=O) groups excluding carboxylic acids is 2. The predicted molar refractivity (Wildman–Crippen MR) is 206 cm³/mol. The number of hydrogen-bond acceptors (Lipinski definition) is 10. The molecule has 2 amide bonds. The number of aromatic nitrogens is 6. The first-order valence-corrected chi connectivity index (χ1v) is 18.6. The SMILES string of the molecule is Cc1nc2cccc(-c3cc4c([nH]3)CCNC4=O)c2nc1F.Cc1nc2cccc(-c3cc4c([nH]3)CCNC4=O)c2nc1NC1CCOC1.NC1CCOC1. The predicted octanol–water partition coefficient (Wildman–Crippen LogP) is 4.51. The molecule has 7 N–H and O–H groups in total. The van der Waals surface area contributed by atoms with Crippen molar-refractivity contribution < 1.29 is 23.5 Å². The van der Waals surface area contributed by atoms with Gasteiger partial charge >= 0.3 is 0 Å². The largest absolute Gasteiger partial charge is 0.380 e. The minimum absolute atomic E-state index is 0.0236. The number of fused-ring (bicyclic) bond motifs is 4. The lowest BCUT2D eigenvalue weighted by molar-refractivity contribution is 0.0937. The maximum Gasteiger partial charge on any atom is 0.253 e. The van der Waals surface area contributed by atoms with Gasteiger partial charge in [0.2, 0.25) is 5.95 Å². The van der Waals surface area contributed by atoms with Crippen LogP contribution in [0.25, 0.3) is 44.6 Å². The molecule has 6 aromatic rings. The Hall–Kier alpha value is -5.77. The molecule has 0 aliphatic carbocycles. The number of anilines is 1. The first-order valence-electron chi connectivity index (χ1n) is 18.6. The highest BCUT2D eigenvalue weighted by Crippen LogP contribution is 2.31.